The van der Waals surface area contributed by atoms with Crippen LogP contribution in [0, 0.1) is 5.82 Å². The van der Waals surface area contributed by atoms with Crippen molar-refractivity contribution in [3.8, 4) is 0 Å². The van der Waals surface area contributed by atoms with Gasteiger partial charge < -0.3 is 5.73 Å². The van der Waals surface area contributed by atoms with E-state index in [0.717, 1.165) is 0 Å². The predicted octanol–water partition coefficient (Wildman–Crippen LogP) is 3.58. The highest BCUT2D eigenvalue weighted by Gasteiger charge is 2.09. The van der Waals surface area contributed by atoms with Crippen LogP contribution in [0.25, 0.3) is 0 Å². The molecule has 1 aromatic rings. The number of nitrogens with two attached hydrogens (primary N) is 1. The van der Waals surface area contributed by atoms with Gasteiger partial charge in [0, 0.05) is 4.47 Å². The molecular formula is C8H6Br2ClFN2. The third-order valence-corrected chi connectivity index (χ3v) is 3.66. The predicted molar refractivity (Wildman–Crippen MR) is 63.8 cm³/mol. The summed E-state index contributed by atoms with van der Waals surface area (Å²) in [5.41, 5.74) is 5.55. The highest BCUT2D eigenvalue weighted by Crippen LogP contribution is 2.31. The molecule has 0 unspecified atom stereocenters. The molecule has 0 amide bonds. The van der Waals surface area contributed by atoms with E-state index < -0.39 is 5.82 Å². The molecule has 1 aromatic carbocycles. The number of halogens is 4. The Kier molecular flexibility index (Phi) is 4.34. The second-order valence-corrected chi connectivity index (χ2v) is 4.35. The summed E-state index contributed by atoms with van der Waals surface area (Å²) in [5, 5.41) is 0. The Balaban J connectivity index is 3.18. The molecule has 1 rings (SSSR count). The summed E-state index contributed by atoms with van der Waals surface area (Å²) in [4.78, 5) is 3.82. The van der Waals surface area contributed by atoms with Gasteiger partial charge in [-0.05, 0) is 44.0 Å². The molecule has 0 atom stereocenters. The second-order valence-electron chi connectivity index (χ2n) is 2.43. The first-order valence-electron chi connectivity index (χ1n) is 3.58. The van der Waals surface area contributed by atoms with Crippen molar-refractivity contribution >= 4 is 55.0 Å². The number of amidine groups is 1. The van der Waals surface area contributed by atoms with Crippen LogP contribution in [-0.2, 0) is 0 Å². The lowest BCUT2D eigenvalue weighted by molar-refractivity contribution is 0.622. The fourth-order valence-corrected chi connectivity index (χ4v) is 1.49. The first-order chi connectivity index (χ1) is 6.56. The normalized spacial score (nSPS) is 11.9. The SMILES string of the molecule is NC(CCl)=Nc1ccc(Br)c(Br)c1F. The standard InChI is InChI=1S/C8H6Br2ClFN2/c9-4-1-2-5(8(12)7(4)10)14-6(13)3-11/h1-2H,3H2,(H2,13,14). The molecule has 0 heterocycles. The summed E-state index contributed by atoms with van der Waals surface area (Å²) >= 11 is 11.7. The molecule has 6 heteroatoms. The van der Waals surface area contributed by atoms with Gasteiger partial charge in [-0.2, -0.15) is 0 Å². The minimum Gasteiger partial charge on any atom is -0.386 e. The van der Waals surface area contributed by atoms with E-state index in [1.165, 1.54) is 6.07 Å². The van der Waals surface area contributed by atoms with Crippen LogP contribution in [0.2, 0.25) is 0 Å². The topological polar surface area (TPSA) is 38.4 Å². The van der Waals surface area contributed by atoms with E-state index in [1.54, 1.807) is 6.07 Å². The molecule has 0 radical (unpaired) electrons. The number of rotatable bonds is 2. The summed E-state index contributed by atoms with van der Waals surface area (Å²) in [5.74, 6) is -0.208. The van der Waals surface area contributed by atoms with Crippen LogP contribution < -0.4 is 5.73 Å². The van der Waals surface area contributed by atoms with Gasteiger partial charge in [-0.25, -0.2) is 9.38 Å². The largest absolute Gasteiger partial charge is 0.386 e. The maximum atomic E-state index is 13.5. The number of hydrogen-bond donors (Lipinski definition) is 1. The van der Waals surface area contributed by atoms with Gasteiger partial charge in [0.2, 0.25) is 0 Å². The number of alkyl halides is 1. The quantitative estimate of drug-likeness (QED) is 0.379. The molecule has 0 bridgehead atoms. The van der Waals surface area contributed by atoms with Crippen LogP contribution in [-0.4, -0.2) is 11.7 Å². The number of benzene rings is 1. The van der Waals surface area contributed by atoms with E-state index in [1.807, 2.05) is 0 Å². The van der Waals surface area contributed by atoms with Crippen molar-refractivity contribution in [2.24, 2.45) is 10.7 Å². The molecule has 0 aromatic heterocycles. The van der Waals surface area contributed by atoms with Crippen LogP contribution in [0.3, 0.4) is 0 Å². The zero-order valence-electron chi connectivity index (χ0n) is 6.90. The average Bonchev–Trinajstić information content (AvgIpc) is 2.19. The first kappa shape index (κ1) is 11.9. The second kappa shape index (κ2) is 5.09. The summed E-state index contributed by atoms with van der Waals surface area (Å²) < 4.78 is 14.4. The molecule has 2 N–H and O–H groups in total. The van der Waals surface area contributed by atoms with Crippen molar-refractivity contribution in [3.63, 3.8) is 0 Å². The zero-order valence-corrected chi connectivity index (χ0v) is 10.8. The van der Waals surface area contributed by atoms with Crippen molar-refractivity contribution in [3.05, 3.63) is 26.9 Å². The van der Waals surface area contributed by atoms with Gasteiger partial charge in [0.25, 0.3) is 0 Å². The monoisotopic (exact) mass is 342 g/mol. The Labute approximate surface area is 103 Å². The fraction of sp³-hybridized carbons (Fsp3) is 0.125. The summed E-state index contributed by atoms with van der Waals surface area (Å²) in [6, 6.07) is 3.19. The Morgan fingerprint density at radius 2 is 2.14 bits per heavy atom. The molecule has 0 fully saturated rings. The zero-order chi connectivity index (χ0) is 10.7. The van der Waals surface area contributed by atoms with Crippen molar-refractivity contribution in [1.29, 1.82) is 0 Å². The van der Waals surface area contributed by atoms with Crippen molar-refractivity contribution in [1.82, 2.24) is 0 Å². The van der Waals surface area contributed by atoms with Crippen molar-refractivity contribution in [2.45, 2.75) is 0 Å². The van der Waals surface area contributed by atoms with Crippen LogP contribution >= 0.6 is 43.5 Å². The molecule has 0 aliphatic carbocycles. The molecule has 2 nitrogen and oxygen atoms in total. The lowest BCUT2D eigenvalue weighted by atomic mass is 10.3. The number of hydrogen-bond acceptors (Lipinski definition) is 1. The molecule has 0 aliphatic heterocycles. The summed E-state index contributed by atoms with van der Waals surface area (Å²) in [7, 11) is 0. The van der Waals surface area contributed by atoms with Crippen LogP contribution in [0.1, 0.15) is 0 Å². The highest BCUT2D eigenvalue weighted by molar-refractivity contribution is 9.13. The van der Waals surface area contributed by atoms with Crippen molar-refractivity contribution < 1.29 is 4.39 Å². The van der Waals surface area contributed by atoms with E-state index in [9.17, 15) is 4.39 Å². The molecule has 0 aliphatic rings. The van der Waals surface area contributed by atoms with Gasteiger partial charge in [-0.1, -0.05) is 0 Å². The smallest absolute Gasteiger partial charge is 0.164 e. The molecule has 0 saturated carbocycles. The lowest BCUT2D eigenvalue weighted by Crippen LogP contribution is -2.12. The van der Waals surface area contributed by atoms with Gasteiger partial charge in [-0.3, -0.25) is 0 Å². The van der Waals surface area contributed by atoms with E-state index in [0.29, 0.717) is 8.95 Å². The Bertz CT molecular complexity index is 382. The molecule has 0 saturated heterocycles. The Morgan fingerprint density at radius 1 is 1.50 bits per heavy atom. The van der Waals surface area contributed by atoms with E-state index >= 15 is 0 Å². The molecule has 0 spiro atoms. The molecule has 76 valence electrons. The minimum atomic E-state index is -0.465. The maximum Gasteiger partial charge on any atom is 0.164 e. The first-order valence-corrected chi connectivity index (χ1v) is 5.70. The number of nitrogens with zero attached hydrogens (tertiary/aromatic N) is 1. The molecular weight excluding hydrogens is 338 g/mol. The van der Waals surface area contributed by atoms with Gasteiger partial charge in [0.05, 0.1) is 10.4 Å². The Hall–Kier alpha value is -0.130. The van der Waals surface area contributed by atoms with Crippen LogP contribution in [0.15, 0.2) is 26.1 Å². The number of aliphatic imine (C=N–C) groups is 1. The Morgan fingerprint density at radius 3 is 2.71 bits per heavy atom. The third kappa shape index (κ3) is 2.68. The lowest BCUT2D eigenvalue weighted by Gasteiger charge is -2.02. The molecule has 14 heavy (non-hydrogen) atoms. The maximum absolute atomic E-state index is 13.5. The third-order valence-electron chi connectivity index (χ3n) is 1.42. The summed E-state index contributed by atoms with van der Waals surface area (Å²) in [6.07, 6.45) is 0. The van der Waals surface area contributed by atoms with Gasteiger partial charge in [0.15, 0.2) is 5.82 Å². The van der Waals surface area contributed by atoms with Gasteiger partial charge >= 0.3 is 0 Å². The van der Waals surface area contributed by atoms with Crippen LogP contribution in [0.4, 0.5) is 10.1 Å². The van der Waals surface area contributed by atoms with E-state index in [4.69, 9.17) is 17.3 Å². The van der Waals surface area contributed by atoms with E-state index in [-0.39, 0.29) is 17.4 Å². The summed E-state index contributed by atoms with van der Waals surface area (Å²) in [6.45, 7) is 0. The van der Waals surface area contributed by atoms with E-state index in [2.05, 4.69) is 36.9 Å². The van der Waals surface area contributed by atoms with Crippen molar-refractivity contribution in [2.75, 3.05) is 5.88 Å². The van der Waals surface area contributed by atoms with Crippen LogP contribution in [0.5, 0.6) is 0 Å². The fourth-order valence-electron chi connectivity index (χ4n) is 0.787. The van der Waals surface area contributed by atoms with Gasteiger partial charge in [0.1, 0.15) is 11.5 Å². The highest BCUT2D eigenvalue weighted by atomic mass is 79.9. The van der Waals surface area contributed by atoms with Gasteiger partial charge in [-0.15, -0.1) is 11.6 Å². The minimum absolute atomic E-state index is 0.0765. The average molecular weight is 344 g/mol.